The molecule has 4 aromatic rings. The summed E-state index contributed by atoms with van der Waals surface area (Å²) in [5.41, 5.74) is -0.897. The van der Waals surface area contributed by atoms with Gasteiger partial charge >= 0.3 is 23.7 Å². The number of anilines is 2. The van der Waals surface area contributed by atoms with Crippen molar-refractivity contribution in [3.8, 4) is 22.5 Å². The number of rotatable bonds is 7. The Labute approximate surface area is 215 Å². The Morgan fingerprint density at radius 1 is 0.658 bits per heavy atom. The average Bonchev–Trinajstić information content (AvgIpc) is 3.48. The van der Waals surface area contributed by atoms with E-state index in [1.807, 2.05) is 0 Å². The number of hydrogen-bond donors (Lipinski definition) is 2. The number of benzene rings is 2. The predicted octanol–water partition coefficient (Wildman–Crippen LogP) is 6.34. The first-order valence-electron chi connectivity index (χ1n) is 10.00. The lowest BCUT2D eigenvalue weighted by Gasteiger charge is -2.23. The Kier molecular flexibility index (Phi) is 7.20. The van der Waals surface area contributed by atoms with Crippen LogP contribution in [0.15, 0.2) is 47.2 Å². The highest BCUT2D eigenvalue weighted by Gasteiger charge is 2.67. The molecule has 0 saturated heterocycles. The molecule has 2 amide bonds. The minimum absolute atomic E-state index is 0.201. The normalized spacial score (nSPS) is 11.9. The summed E-state index contributed by atoms with van der Waals surface area (Å²) >= 11 is 0.963. The molecule has 2 heterocycles. The van der Waals surface area contributed by atoms with Gasteiger partial charge in [-0.3, -0.25) is 20.2 Å². The van der Waals surface area contributed by atoms with E-state index in [-0.39, 0.29) is 22.5 Å². The molecule has 0 aliphatic rings. The number of carbonyl (C=O) groups is 2. The predicted molar refractivity (Wildman–Crippen MR) is 122 cm³/mol. The van der Waals surface area contributed by atoms with Gasteiger partial charge in [0.25, 0.3) is 0 Å². The fourth-order valence-corrected chi connectivity index (χ4v) is 4.35. The van der Waals surface area contributed by atoms with E-state index in [9.17, 15) is 44.7 Å². The average molecular weight is 578 g/mol. The summed E-state index contributed by atoms with van der Waals surface area (Å²) in [5.74, 6) is -20.2. The Hall–Kier alpha value is -3.92. The Morgan fingerprint density at radius 3 is 1.37 bits per heavy atom. The van der Waals surface area contributed by atoms with Crippen molar-refractivity contribution < 1.29 is 44.7 Å². The Morgan fingerprint density at radius 2 is 1.03 bits per heavy atom. The number of hydrogen-bond acceptors (Lipinski definition) is 6. The molecule has 2 aromatic carbocycles. The SMILES string of the molecule is O=C(Nc1nc(-c2ccc(F)cc2F)cs1)C(F)(F)C(F)(F)C(=O)Nc1nc(-c2ccc(F)cc2F)cs1. The highest BCUT2D eigenvalue weighted by molar-refractivity contribution is 7.14. The van der Waals surface area contributed by atoms with Gasteiger partial charge in [0.05, 0.1) is 11.4 Å². The van der Waals surface area contributed by atoms with Crippen LogP contribution in [0.3, 0.4) is 0 Å². The first kappa shape index (κ1) is 27.1. The van der Waals surface area contributed by atoms with Crippen molar-refractivity contribution in [1.82, 2.24) is 9.97 Å². The number of alkyl halides is 4. The van der Waals surface area contributed by atoms with Gasteiger partial charge in [0.15, 0.2) is 10.3 Å². The molecule has 0 unspecified atom stereocenters. The second-order valence-electron chi connectivity index (χ2n) is 7.38. The van der Waals surface area contributed by atoms with Crippen molar-refractivity contribution in [1.29, 1.82) is 0 Å². The molecule has 0 aliphatic carbocycles. The molecular weight excluding hydrogens is 568 g/mol. The highest BCUT2D eigenvalue weighted by Crippen LogP contribution is 2.38. The Balaban J connectivity index is 1.47. The molecule has 0 aliphatic heterocycles. The van der Waals surface area contributed by atoms with Gasteiger partial charge < -0.3 is 0 Å². The summed E-state index contributed by atoms with van der Waals surface area (Å²) in [4.78, 5) is 31.3. The molecule has 16 heteroatoms. The number of aromatic nitrogens is 2. The number of nitrogens with zero attached hydrogens (tertiary/aromatic N) is 2. The van der Waals surface area contributed by atoms with Crippen molar-refractivity contribution in [3.63, 3.8) is 0 Å². The lowest BCUT2D eigenvalue weighted by atomic mass is 10.1. The fraction of sp³-hybridized carbons (Fsp3) is 0.0909. The van der Waals surface area contributed by atoms with Crippen molar-refractivity contribution in [3.05, 3.63) is 70.4 Å². The summed E-state index contributed by atoms with van der Waals surface area (Å²) in [5, 5.41) is 3.82. The first-order chi connectivity index (χ1) is 17.8. The second-order valence-corrected chi connectivity index (χ2v) is 9.10. The quantitative estimate of drug-likeness (QED) is 0.251. The minimum Gasteiger partial charge on any atom is -0.296 e. The zero-order valence-corrected chi connectivity index (χ0v) is 19.8. The lowest BCUT2D eigenvalue weighted by Crippen LogP contribution is -2.56. The van der Waals surface area contributed by atoms with Gasteiger partial charge in [0.2, 0.25) is 0 Å². The van der Waals surface area contributed by atoms with Crippen LogP contribution in [0, 0.1) is 23.3 Å². The largest absolute Gasteiger partial charge is 0.396 e. The molecule has 198 valence electrons. The van der Waals surface area contributed by atoms with Crippen LogP contribution in [0.25, 0.3) is 22.5 Å². The van der Waals surface area contributed by atoms with E-state index in [1.54, 1.807) is 0 Å². The number of thiazole rings is 2. The van der Waals surface area contributed by atoms with Crippen LogP contribution in [0.5, 0.6) is 0 Å². The van der Waals surface area contributed by atoms with Crippen LogP contribution >= 0.6 is 22.7 Å². The number of carbonyl (C=O) groups excluding carboxylic acids is 2. The summed E-state index contributed by atoms with van der Waals surface area (Å²) in [6.07, 6.45) is 0. The molecular formula is C22H10F8N4O2S2. The minimum atomic E-state index is -5.59. The van der Waals surface area contributed by atoms with E-state index in [2.05, 4.69) is 9.97 Å². The smallest absolute Gasteiger partial charge is 0.296 e. The van der Waals surface area contributed by atoms with Gasteiger partial charge in [-0.2, -0.15) is 17.6 Å². The number of halogens is 8. The number of nitrogens with one attached hydrogen (secondary N) is 2. The maximum Gasteiger partial charge on any atom is 0.396 e. The molecule has 2 N–H and O–H groups in total. The van der Waals surface area contributed by atoms with Crippen LogP contribution in [-0.4, -0.2) is 33.6 Å². The summed E-state index contributed by atoms with van der Waals surface area (Å²) < 4.78 is 111. The van der Waals surface area contributed by atoms with E-state index in [4.69, 9.17) is 0 Å². The van der Waals surface area contributed by atoms with Gasteiger partial charge in [-0.1, -0.05) is 0 Å². The maximum atomic E-state index is 14.4. The zero-order valence-electron chi connectivity index (χ0n) is 18.2. The molecule has 2 aromatic heterocycles. The zero-order chi connectivity index (χ0) is 27.8. The number of amides is 2. The Bertz CT molecular complexity index is 1430. The van der Waals surface area contributed by atoms with Crippen LogP contribution in [-0.2, 0) is 9.59 Å². The van der Waals surface area contributed by atoms with Gasteiger partial charge in [-0.25, -0.2) is 27.5 Å². The van der Waals surface area contributed by atoms with Gasteiger partial charge in [0, 0.05) is 34.0 Å². The fourth-order valence-electron chi connectivity index (χ4n) is 2.94. The maximum absolute atomic E-state index is 14.4. The van der Waals surface area contributed by atoms with Crippen LogP contribution in [0.1, 0.15) is 0 Å². The van der Waals surface area contributed by atoms with Crippen molar-refractivity contribution in [2.45, 2.75) is 11.8 Å². The topological polar surface area (TPSA) is 84.0 Å². The van der Waals surface area contributed by atoms with Crippen molar-refractivity contribution in [2.75, 3.05) is 10.6 Å². The van der Waals surface area contributed by atoms with Crippen molar-refractivity contribution in [2.24, 2.45) is 0 Å². The van der Waals surface area contributed by atoms with E-state index in [0.717, 1.165) is 35.0 Å². The van der Waals surface area contributed by atoms with Crippen LogP contribution < -0.4 is 10.6 Å². The second kappa shape index (κ2) is 10.1. The van der Waals surface area contributed by atoms with E-state index in [1.165, 1.54) is 10.6 Å². The summed E-state index contributed by atoms with van der Waals surface area (Å²) in [6.45, 7) is 0. The third-order valence-electron chi connectivity index (χ3n) is 4.83. The lowest BCUT2D eigenvalue weighted by molar-refractivity contribution is -0.204. The van der Waals surface area contributed by atoms with Gasteiger partial charge in [-0.05, 0) is 24.3 Å². The highest BCUT2D eigenvalue weighted by atomic mass is 32.1. The standard InChI is InChI=1S/C22H10F8N4O2S2/c23-9-1-3-11(13(25)5-9)15-7-37-19(31-15)33-17(35)21(27,28)22(29,30)18(36)34-20-32-16(8-38-20)12-4-2-10(24)6-14(12)26/h1-8H,(H,31,33,35)(H,32,34,36). The third-order valence-corrected chi connectivity index (χ3v) is 6.34. The van der Waals surface area contributed by atoms with E-state index in [0.29, 0.717) is 34.8 Å². The molecule has 0 atom stereocenters. The molecule has 0 spiro atoms. The molecule has 6 nitrogen and oxygen atoms in total. The monoisotopic (exact) mass is 578 g/mol. The first-order valence-corrected chi connectivity index (χ1v) is 11.8. The molecule has 0 radical (unpaired) electrons. The molecule has 38 heavy (non-hydrogen) atoms. The van der Waals surface area contributed by atoms with Crippen molar-refractivity contribution >= 4 is 44.8 Å². The van der Waals surface area contributed by atoms with E-state index >= 15 is 0 Å². The molecule has 0 fully saturated rings. The molecule has 4 rings (SSSR count). The molecule has 0 saturated carbocycles. The van der Waals surface area contributed by atoms with Gasteiger partial charge in [-0.15, -0.1) is 22.7 Å². The van der Waals surface area contributed by atoms with Gasteiger partial charge in [0.1, 0.15) is 23.3 Å². The molecule has 0 bridgehead atoms. The van der Waals surface area contributed by atoms with E-state index < -0.39 is 57.2 Å². The summed E-state index contributed by atoms with van der Waals surface area (Å²) in [7, 11) is 0. The summed E-state index contributed by atoms with van der Waals surface area (Å²) in [6, 6.07) is 4.83. The third kappa shape index (κ3) is 5.22. The van der Waals surface area contributed by atoms with Crippen LogP contribution in [0.4, 0.5) is 45.4 Å². The van der Waals surface area contributed by atoms with Crippen LogP contribution in [0.2, 0.25) is 0 Å².